The Morgan fingerprint density at radius 2 is 1.97 bits per heavy atom. The van der Waals surface area contributed by atoms with Crippen molar-refractivity contribution < 1.29 is 4.74 Å². The number of aliphatic imine (C=N–C) groups is 1. The Balaban J connectivity index is 1.76. The lowest BCUT2D eigenvalue weighted by molar-refractivity contribution is 0.218. The first-order valence-corrected chi connectivity index (χ1v) is 11.9. The summed E-state index contributed by atoms with van der Waals surface area (Å²) < 4.78 is 6.08. The molecule has 4 heteroatoms. The first kappa shape index (κ1) is 21.6. The minimum atomic E-state index is 0.0753. The van der Waals surface area contributed by atoms with Crippen LogP contribution in [0.25, 0.3) is 10.8 Å². The summed E-state index contributed by atoms with van der Waals surface area (Å²) in [5.41, 5.74) is 3.23. The van der Waals surface area contributed by atoms with Crippen LogP contribution in [0.5, 0.6) is 5.75 Å². The Bertz CT molecular complexity index is 1170. The molecule has 160 valence electrons. The van der Waals surface area contributed by atoms with Crippen molar-refractivity contribution in [2.45, 2.75) is 60.0 Å². The van der Waals surface area contributed by atoms with Crippen LogP contribution < -0.4 is 4.74 Å². The van der Waals surface area contributed by atoms with Crippen LogP contribution in [0.4, 0.5) is 5.00 Å². The second kappa shape index (κ2) is 8.48. The van der Waals surface area contributed by atoms with Gasteiger partial charge in [-0.3, -0.25) is 0 Å². The second-order valence-corrected chi connectivity index (χ2v) is 10.8. The van der Waals surface area contributed by atoms with Crippen LogP contribution in [-0.4, -0.2) is 12.3 Å². The highest BCUT2D eigenvalue weighted by Crippen LogP contribution is 2.45. The first-order valence-electron chi connectivity index (χ1n) is 11.0. The Morgan fingerprint density at radius 1 is 1.19 bits per heavy atom. The molecule has 1 aliphatic rings. The van der Waals surface area contributed by atoms with Gasteiger partial charge in [0.05, 0.1) is 11.7 Å². The zero-order chi connectivity index (χ0) is 22.2. The molecule has 2 aromatic carbocycles. The van der Waals surface area contributed by atoms with Crippen molar-refractivity contribution in [2.75, 3.05) is 0 Å². The van der Waals surface area contributed by atoms with E-state index < -0.39 is 0 Å². The fourth-order valence-electron chi connectivity index (χ4n) is 4.41. The van der Waals surface area contributed by atoms with Gasteiger partial charge in [0.2, 0.25) is 0 Å². The number of hydrogen-bond donors (Lipinski definition) is 0. The maximum Gasteiger partial charge on any atom is 0.134 e. The maximum absolute atomic E-state index is 9.89. The third kappa shape index (κ3) is 4.38. The van der Waals surface area contributed by atoms with Gasteiger partial charge in [0.25, 0.3) is 0 Å². The molecule has 4 rings (SSSR count). The highest BCUT2D eigenvalue weighted by Gasteiger charge is 2.32. The molecular weight excluding hydrogens is 400 g/mol. The number of ether oxygens (including phenoxy) is 1. The summed E-state index contributed by atoms with van der Waals surface area (Å²) in [4.78, 5) is 6.19. The molecule has 0 spiro atoms. The van der Waals surface area contributed by atoms with Crippen molar-refractivity contribution in [3.8, 4) is 11.8 Å². The van der Waals surface area contributed by atoms with Gasteiger partial charge in [-0.15, -0.1) is 11.3 Å². The summed E-state index contributed by atoms with van der Waals surface area (Å²) in [5, 5.41) is 13.0. The van der Waals surface area contributed by atoms with E-state index in [4.69, 9.17) is 9.73 Å². The highest BCUT2D eigenvalue weighted by atomic mass is 32.1. The largest absolute Gasteiger partial charge is 0.490 e. The van der Waals surface area contributed by atoms with Gasteiger partial charge in [-0.1, -0.05) is 51.1 Å². The first-order chi connectivity index (χ1) is 14.8. The third-order valence-electron chi connectivity index (χ3n) is 6.19. The Labute approximate surface area is 189 Å². The van der Waals surface area contributed by atoms with Crippen LogP contribution in [-0.2, 0) is 12.8 Å². The molecule has 0 N–H and O–H groups in total. The molecule has 0 amide bonds. The van der Waals surface area contributed by atoms with Gasteiger partial charge < -0.3 is 4.74 Å². The van der Waals surface area contributed by atoms with Crippen LogP contribution in [0.2, 0.25) is 0 Å². The number of rotatable bonds is 4. The Hall–Kier alpha value is -2.64. The molecule has 0 fully saturated rings. The van der Waals surface area contributed by atoms with E-state index in [2.05, 4.69) is 45.0 Å². The van der Waals surface area contributed by atoms with Crippen molar-refractivity contribution in [1.82, 2.24) is 0 Å². The van der Waals surface area contributed by atoms with Crippen molar-refractivity contribution in [3.05, 3.63) is 58.0 Å². The van der Waals surface area contributed by atoms with Crippen LogP contribution in [0.1, 0.15) is 62.6 Å². The minimum absolute atomic E-state index is 0.0753. The van der Waals surface area contributed by atoms with Crippen molar-refractivity contribution in [3.63, 3.8) is 0 Å². The molecule has 0 aliphatic heterocycles. The zero-order valence-electron chi connectivity index (χ0n) is 19.0. The number of thiophene rings is 1. The number of nitrogens with zero attached hydrogens (tertiary/aromatic N) is 2. The normalized spacial score (nSPS) is 16.6. The van der Waals surface area contributed by atoms with Crippen LogP contribution >= 0.6 is 11.3 Å². The molecule has 3 nitrogen and oxygen atoms in total. The molecule has 0 saturated carbocycles. The number of nitriles is 1. The van der Waals surface area contributed by atoms with Gasteiger partial charge in [0.1, 0.15) is 16.8 Å². The molecule has 0 saturated heterocycles. The molecular formula is C27H30N2OS. The lowest BCUT2D eigenvalue weighted by atomic mass is 9.72. The maximum atomic E-state index is 9.89. The number of hydrogen-bond acceptors (Lipinski definition) is 4. The fourth-order valence-corrected chi connectivity index (χ4v) is 5.63. The molecule has 0 bridgehead atoms. The Morgan fingerprint density at radius 3 is 2.68 bits per heavy atom. The smallest absolute Gasteiger partial charge is 0.134 e. The average Bonchev–Trinajstić information content (AvgIpc) is 3.08. The lowest BCUT2D eigenvalue weighted by Gasteiger charge is -2.33. The Kier molecular flexibility index (Phi) is 5.90. The molecule has 0 unspecified atom stereocenters. The van der Waals surface area contributed by atoms with E-state index in [1.807, 2.05) is 38.3 Å². The van der Waals surface area contributed by atoms with Crippen molar-refractivity contribution in [2.24, 2.45) is 16.3 Å². The van der Waals surface area contributed by atoms with Gasteiger partial charge in [0, 0.05) is 16.7 Å². The van der Waals surface area contributed by atoms with Gasteiger partial charge in [-0.25, -0.2) is 4.99 Å². The average molecular weight is 431 g/mol. The summed E-state index contributed by atoms with van der Waals surface area (Å²) in [5.74, 6) is 1.47. The minimum Gasteiger partial charge on any atom is -0.490 e. The lowest BCUT2D eigenvalue weighted by Crippen LogP contribution is -2.26. The standard InChI is InChI=1S/C27H30N2OS/c1-17(2)30-24-13-10-18-8-6-7-9-20(18)23(24)16-29-26-22(15-28)21-12-11-19(27(3,4)5)14-25(21)31-26/h6-10,13,16-17,19H,11-12,14H2,1-5H3/t19-/m0/s1. The molecule has 1 aliphatic carbocycles. The van der Waals surface area contributed by atoms with E-state index in [9.17, 15) is 5.26 Å². The van der Waals surface area contributed by atoms with E-state index in [1.165, 1.54) is 10.4 Å². The summed E-state index contributed by atoms with van der Waals surface area (Å²) in [6.07, 6.45) is 5.12. The van der Waals surface area contributed by atoms with Crippen molar-refractivity contribution >= 4 is 33.3 Å². The fraction of sp³-hybridized carbons (Fsp3) is 0.407. The van der Waals surface area contributed by atoms with E-state index in [0.29, 0.717) is 5.92 Å². The van der Waals surface area contributed by atoms with Crippen LogP contribution in [0.3, 0.4) is 0 Å². The van der Waals surface area contributed by atoms with Gasteiger partial charge in [0.15, 0.2) is 0 Å². The SMILES string of the molecule is CC(C)Oc1ccc2ccccc2c1C=Nc1sc2c(c1C#N)CC[C@H](C(C)(C)C)C2. The van der Waals surface area contributed by atoms with E-state index in [1.54, 1.807) is 11.3 Å². The van der Waals surface area contributed by atoms with E-state index >= 15 is 0 Å². The molecule has 1 heterocycles. The second-order valence-electron chi connectivity index (χ2n) is 9.72. The van der Waals surface area contributed by atoms with Crippen LogP contribution in [0, 0.1) is 22.7 Å². The summed E-state index contributed by atoms with van der Waals surface area (Å²) in [6.45, 7) is 11.0. The predicted octanol–water partition coefficient (Wildman–Crippen LogP) is 7.46. The third-order valence-corrected chi connectivity index (χ3v) is 7.35. The quantitative estimate of drug-likeness (QED) is 0.403. The summed E-state index contributed by atoms with van der Waals surface area (Å²) in [7, 11) is 0. The monoisotopic (exact) mass is 430 g/mol. The molecule has 31 heavy (non-hydrogen) atoms. The van der Waals surface area contributed by atoms with Crippen molar-refractivity contribution in [1.29, 1.82) is 5.26 Å². The summed E-state index contributed by atoms with van der Waals surface area (Å²) in [6, 6.07) is 14.8. The van der Waals surface area contributed by atoms with Gasteiger partial charge in [-0.05, 0) is 66.8 Å². The van der Waals surface area contributed by atoms with Gasteiger partial charge in [-0.2, -0.15) is 5.26 Å². The molecule has 1 aromatic heterocycles. The van der Waals surface area contributed by atoms with E-state index in [0.717, 1.165) is 51.9 Å². The zero-order valence-corrected chi connectivity index (χ0v) is 19.8. The highest BCUT2D eigenvalue weighted by molar-refractivity contribution is 7.16. The predicted molar refractivity (Wildman–Crippen MR) is 131 cm³/mol. The number of benzene rings is 2. The summed E-state index contributed by atoms with van der Waals surface area (Å²) >= 11 is 1.69. The molecule has 3 aromatic rings. The van der Waals surface area contributed by atoms with E-state index in [-0.39, 0.29) is 11.5 Å². The topological polar surface area (TPSA) is 45.4 Å². The molecule has 1 atom stereocenters. The van der Waals surface area contributed by atoms with Crippen LogP contribution in [0.15, 0.2) is 41.4 Å². The van der Waals surface area contributed by atoms with Gasteiger partial charge >= 0.3 is 0 Å². The number of fused-ring (bicyclic) bond motifs is 2. The molecule has 0 radical (unpaired) electrons.